The minimum atomic E-state index is -3.68. The molecule has 2 rings (SSSR count). The highest BCUT2D eigenvalue weighted by Crippen LogP contribution is 2.25. The number of rotatable bonds is 4. The normalized spacial score (nSPS) is 11.8. The van der Waals surface area contributed by atoms with E-state index >= 15 is 0 Å². The fourth-order valence-electron chi connectivity index (χ4n) is 1.84. The summed E-state index contributed by atoms with van der Waals surface area (Å²) >= 11 is 3.22. The Morgan fingerprint density at radius 3 is 2.57 bits per heavy atom. The van der Waals surface area contributed by atoms with Crippen LogP contribution in [-0.4, -0.2) is 19.8 Å². The van der Waals surface area contributed by atoms with Gasteiger partial charge in [0.1, 0.15) is 5.82 Å². The quantitative estimate of drug-likeness (QED) is 0.839. The van der Waals surface area contributed by atoms with Crippen molar-refractivity contribution in [3.8, 4) is 0 Å². The molecule has 0 aliphatic carbocycles. The average Bonchev–Trinajstić information content (AvgIpc) is 2.41. The molecule has 0 aromatic heterocycles. The van der Waals surface area contributed by atoms with Gasteiger partial charge in [-0.25, -0.2) is 12.8 Å². The van der Waals surface area contributed by atoms with E-state index in [4.69, 9.17) is 5.73 Å². The molecular weight excluding hydrogens is 359 g/mol. The molecule has 2 N–H and O–H groups in total. The van der Waals surface area contributed by atoms with Crippen molar-refractivity contribution in [2.45, 2.75) is 11.4 Å². The number of sulfonamides is 1. The lowest BCUT2D eigenvalue weighted by atomic mass is 10.2. The molecule has 0 bridgehead atoms. The maximum absolute atomic E-state index is 13.1. The molecule has 0 saturated heterocycles. The molecule has 0 amide bonds. The van der Waals surface area contributed by atoms with Crippen LogP contribution in [0.4, 0.5) is 10.1 Å². The van der Waals surface area contributed by atoms with Gasteiger partial charge in [-0.15, -0.1) is 0 Å². The Morgan fingerprint density at radius 1 is 1.24 bits per heavy atom. The average molecular weight is 373 g/mol. The predicted octanol–water partition coefficient (Wildman–Crippen LogP) is 2.99. The van der Waals surface area contributed by atoms with Crippen LogP contribution in [0, 0.1) is 5.82 Å². The van der Waals surface area contributed by atoms with Gasteiger partial charge in [0.25, 0.3) is 0 Å². The molecule has 0 unspecified atom stereocenters. The molecule has 0 spiro atoms. The first-order chi connectivity index (χ1) is 9.80. The first kappa shape index (κ1) is 15.9. The van der Waals surface area contributed by atoms with Gasteiger partial charge >= 0.3 is 0 Å². The number of nitrogens with zero attached hydrogens (tertiary/aromatic N) is 1. The molecule has 0 aliphatic heterocycles. The third kappa shape index (κ3) is 3.61. The minimum absolute atomic E-state index is 0.0794. The van der Waals surface area contributed by atoms with Gasteiger partial charge in [0.15, 0.2) is 0 Å². The second kappa shape index (κ2) is 6.13. The van der Waals surface area contributed by atoms with E-state index in [2.05, 4.69) is 15.9 Å². The molecule has 0 radical (unpaired) electrons. The highest BCUT2D eigenvalue weighted by atomic mass is 79.9. The zero-order valence-electron chi connectivity index (χ0n) is 11.3. The molecule has 2 aromatic rings. The molecule has 0 heterocycles. The summed E-state index contributed by atoms with van der Waals surface area (Å²) in [7, 11) is -2.24. The second-order valence-corrected chi connectivity index (χ2v) is 7.47. The van der Waals surface area contributed by atoms with E-state index in [1.165, 1.54) is 31.3 Å². The molecule has 0 aliphatic rings. The summed E-state index contributed by atoms with van der Waals surface area (Å²) in [6, 6.07) is 10.3. The van der Waals surface area contributed by atoms with Crippen LogP contribution in [0.3, 0.4) is 0 Å². The molecular formula is C14H14BrFN2O2S. The summed E-state index contributed by atoms with van der Waals surface area (Å²) in [4.78, 5) is 0.0992. The van der Waals surface area contributed by atoms with Gasteiger partial charge in [-0.2, -0.15) is 4.31 Å². The van der Waals surface area contributed by atoms with Crippen LogP contribution in [-0.2, 0) is 16.6 Å². The zero-order chi connectivity index (χ0) is 15.6. The van der Waals surface area contributed by atoms with Crippen LogP contribution in [0.2, 0.25) is 0 Å². The van der Waals surface area contributed by atoms with Crippen molar-refractivity contribution in [2.75, 3.05) is 12.8 Å². The molecule has 112 valence electrons. The van der Waals surface area contributed by atoms with Crippen LogP contribution < -0.4 is 5.73 Å². The zero-order valence-corrected chi connectivity index (χ0v) is 13.7. The van der Waals surface area contributed by atoms with Crippen LogP contribution in [0.1, 0.15) is 5.56 Å². The van der Waals surface area contributed by atoms with Gasteiger partial charge in [-0.3, -0.25) is 0 Å². The van der Waals surface area contributed by atoms with E-state index in [0.29, 0.717) is 15.7 Å². The Kier molecular flexibility index (Phi) is 4.65. The Morgan fingerprint density at radius 2 is 1.95 bits per heavy atom. The summed E-state index contributed by atoms with van der Waals surface area (Å²) in [5.74, 6) is -0.397. The SMILES string of the molecule is CN(Cc1cccc(F)c1)S(=O)(=O)c1ccc(Br)c(N)c1. The van der Waals surface area contributed by atoms with E-state index in [9.17, 15) is 12.8 Å². The first-order valence-electron chi connectivity index (χ1n) is 6.06. The first-order valence-corrected chi connectivity index (χ1v) is 8.30. The molecule has 2 aromatic carbocycles. The topological polar surface area (TPSA) is 63.4 Å². The summed E-state index contributed by atoms with van der Waals surface area (Å²) in [6.45, 7) is 0.0794. The predicted molar refractivity (Wildman–Crippen MR) is 83.6 cm³/mol. The van der Waals surface area contributed by atoms with E-state index in [1.807, 2.05) is 0 Å². The molecule has 0 saturated carbocycles. The minimum Gasteiger partial charge on any atom is -0.398 e. The molecule has 7 heteroatoms. The molecule has 0 atom stereocenters. The molecule has 4 nitrogen and oxygen atoms in total. The van der Waals surface area contributed by atoms with Crippen molar-refractivity contribution in [2.24, 2.45) is 0 Å². The number of nitrogens with two attached hydrogens (primary N) is 1. The van der Waals surface area contributed by atoms with E-state index in [0.717, 1.165) is 4.31 Å². The van der Waals surface area contributed by atoms with Gasteiger partial charge in [0.05, 0.1) is 4.90 Å². The second-order valence-electron chi connectivity index (χ2n) is 4.57. The van der Waals surface area contributed by atoms with Gasteiger partial charge in [0, 0.05) is 23.8 Å². The largest absolute Gasteiger partial charge is 0.398 e. The van der Waals surface area contributed by atoms with Gasteiger partial charge < -0.3 is 5.73 Å². The Bertz CT molecular complexity index is 765. The standard InChI is InChI=1S/C14H14BrFN2O2S/c1-18(9-10-3-2-4-11(16)7-10)21(19,20)12-5-6-13(15)14(17)8-12/h2-8H,9,17H2,1H3. The summed E-state index contributed by atoms with van der Waals surface area (Å²) in [5.41, 5.74) is 6.63. The number of halogens is 2. The number of hydrogen-bond acceptors (Lipinski definition) is 3. The third-order valence-corrected chi connectivity index (χ3v) is 5.49. The van der Waals surface area contributed by atoms with Crippen LogP contribution >= 0.6 is 15.9 Å². The van der Waals surface area contributed by atoms with Crippen LogP contribution in [0.5, 0.6) is 0 Å². The maximum atomic E-state index is 13.1. The lowest BCUT2D eigenvalue weighted by Gasteiger charge is -2.17. The smallest absolute Gasteiger partial charge is 0.243 e. The Hall–Kier alpha value is -1.44. The van der Waals surface area contributed by atoms with Crippen molar-refractivity contribution in [3.63, 3.8) is 0 Å². The third-order valence-electron chi connectivity index (χ3n) is 2.97. The molecule has 21 heavy (non-hydrogen) atoms. The fourth-order valence-corrected chi connectivity index (χ4v) is 3.28. The number of nitrogen functional groups attached to an aromatic ring is 1. The van der Waals surface area contributed by atoms with Gasteiger partial charge in [-0.1, -0.05) is 12.1 Å². The van der Waals surface area contributed by atoms with Crippen LogP contribution in [0.15, 0.2) is 51.8 Å². The van der Waals surface area contributed by atoms with Gasteiger partial charge in [0.2, 0.25) is 10.0 Å². The lowest BCUT2D eigenvalue weighted by Crippen LogP contribution is -2.26. The fraction of sp³-hybridized carbons (Fsp3) is 0.143. The highest BCUT2D eigenvalue weighted by Gasteiger charge is 2.21. The van der Waals surface area contributed by atoms with Crippen molar-refractivity contribution in [1.82, 2.24) is 4.31 Å². The van der Waals surface area contributed by atoms with Gasteiger partial charge in [-0.05, 0) is 51.8 Å². The van der Waals surface area contributed by atoms with E-state index < -0.39 is 15.8 Å². The van der Waals surface area contributed by atoms with E-state index in [-0.39, 0.29) is 11.4 Å². The van der Waals surface area contributed by atoms with Crippen molar-refractivity contribution < 1.29 is 12.8 Å². The highest BCUT2D eigenvalue weighted by molar-refractivity contribution is 9.10. The number of benzene rings is 2. The van der Waals surface area contributed by atoms with Crippen LogP contribution in [0.25, 0.3) is 0 Å². The monoisotopic (exact) mass is 372 g/mol. The van der Waals surface area contributed by atoms with E-state index in [1.54, 1.807) is 18.2 Å². The van der Waals surface area contributed by atoms with Crippen molar-refractivity contribution in [1.29, 1.82) is 0 Å². The number of anilines is 1. The summed E-state index contributed by atoms with van der Waals surface area (Å²) in [5, 5.41) is 0. The van der Waals surface area contributed by atoms with Crippen molar-refractivity contribution >= 4 is 31.6 Å². The maximum Gasteiger partial charge on any atom is 0.243 e. The van der Waals surface area contributed by atoms with Crippen molar-refractivity contribution in [3.05, 3.63) is 58.3 Å². The lowest BCUT2D eigenvalue weighted by molar-refractivity contribution is 0.465. The number of hydrogen-bond donors (Lipinski definition) is 1. The summed E-state index contributed by atoms with van der Waals surface area (Å²) in [6.07, 6.45) is 0. The Balaban J connectivity index is 2.28. The Labute approximate surface area is 131 Å². The molecule has 0 fully saturated rings. The summed E-state index contributed by atoms with van der Waals surface area (Å²) < 4.78 is 39.8.